The summed E-state index contributed by atoms with van der Waals surface area (Å²) in [6.07, 6.45) is 0.631. The zero-order chi connectivity index (χ0) is 14.0. The Kier molecular flexibility index (Phi) is 3.95. The number of rotatable bonds is 3. The van der Waals surface area contributed by atoms with Crippen LogP contribution < -0.4 is 5.32 Å². The van der Waals surface area contributed by atoms with E-state index in [1.165, 1.54) is 6.07 Å². The van der Waals surface area contributed by atoms with E-state index in [2.05, 4.69) is 15.3 Å². The molecule has 1 aromatic carbocycles. The first-order valence-corrected chi connectivity index (χ1v) is 6.14. The molecule has 0 atom stereocenters. The van der Waals surface area contributed by atoms with Crippen LogP contribution in [-0.2, 0) is 6.42 Å². The standard InChI is InChI=1S/C13H12ClF2N3/c1-3-11-18-12(14)7(2)13(19-11)17-8-4-5-9(15)10(16)6-8/h4-6H,3H2,1-2H3,(H,17,18,19). The Labute approximate surface area is 114 Å². The van der Waals surface area contributed by atoms with Crippen molar-refractivity contribution < 1.29 is 8.78 Å². The lowest BCUT2D eigenvalue weighted by atomic mass is 10.2. The van der Waals surface area contributed by atoms with Crippen molar-refractivity contribution in [1.82, 2.24) is 9.97 Å². The maximum absolute atomic E-state index is 13.1. The van der Waals surface area contributed by atoms with E-state index in [4.69, 9.17) is 11.6 Å². The van der Waals surface area contributed by atoms with Crippen LogP contribution in [0.15, 0.2) is 18.2 Å². The van der Waals surface area contributed by atoms with Gasteiger partial charge >= 0.3 is 0 Å². The molecule has 6 heteroatoms. The van der Waals surface area contributed by atoms with Crippen molar-refractivity contribution in [2.75, 3.05) is 5.32 Å². The van der Waals surface area contributed by atoms with Gasteiger partial charge in [-0.2, -0.15) is 0 Å². The van der Waals surface area contributed by atoms with E-state index in [0.29, 0.717) is 34.5 Å². The highest BCUT2D eigenvalue weighted by atomic mass is 35.5. The predicted octanol–water partition coefficient (Wildman–Crippen LogP) is 4.02. The molecule has 0 saturated heterocycles. The smallest absolute Gasteiger partial charge is 0.160 e. The van der Waals surface area contributed by atoms with Crippen molar-refractivity contribution in [2.24, 2.45) is 0 Å². The molecule has 0 bridgehead atoms. The monoisotopic (exact) mass is 283 g/mol. The number of hydrogen-bond donors (Lipinski definition) is 1. The number of aryl methyl sites for hydroxylation is 1. The summed E-state index contributed by atoms with van der Waals surface area (Å²) in [5.41, 5.74) is 1.06. The van der Waals surface area contributed by atoms with Crippen LogP contribution in [0.2, 0.25) is 5.15 Å². The van der Waals surface area contributed by atoms with E-state index in [1.54, 1.807) is 6.92 Å². The van der Waals surface area contributed by atoms with Crippen molar-refractivity contribution in [3.05, 3.63) is 46.4 Å². The van der Waals surface area contributed by atoms with Gasteiger partial charge < -0.3 is 5.32 Å². The Morgan fingerprint density at radius 2 is 1.95 bits per heavy atom. The molecule has 0 aliphatic carbocycles. The lowest BCUT2D eigenvalue weighted by Gasteiger charge is -2.11. The lowest BCUT2D eigenvalue weighted by Crippen LogP contribution is -2.03. The second-order valence-electron chi connectivity index (χ2n) is 4.01. The van der Waals surface area contributed by atoms with Crippen LogP contribution in [0.3, 0.4) is 0 Å². The summed E-state index contributed by atoms with van der Waals surface area (Å²) in [6, 6.07) is 3.55. The molecule has 100 valence electrons. The van der Waals surface area contributed by atoms with Crippen LogP contribution >= 0.6 is 11.6 Å². The van der Waals surface area contributed by atoms with Crippen molar-refractivity contribution in [3.8, 4) is 0 Å². The average molecular weight is 284 g/mol. The zero-order valence-corrected chi connectivity index (χ0v) is 11.2. The second-order valence-corrected chi connectivity index (χ2v) is 4.37. The zero-order valence-electron chi connectivity index (χ0n) is 10.5. The van der Waals surface area contributed by atoms with E-state index in [-0.39, 0.29) is 0 Å². The number of benzene rings is 1. The van der Waals surface area contributed by atoms with E-state index >= 15 is 0 Å². The molecule has 0 fully saturated rings. The van der Waals surface area contributed by atoms with Gasteiger partial charge in [0.05, 0.1) is 0 Å². The average Bonchev–Trinajstić information content (AvgIpc) is 2.39. The number of nitrogens with one attached hydrogen (secondary N) is 1. The molecular weight excluding hydrogens is 272 g/mol. The summed E-state index contributed by atoms with van der Waals surface area (Å²) >= 11 is 6.00. The SMILES string of the molecule is CCc1nc(Cl)c(C)c(Nc2ccc(F)c(F)c2)n1. The fourth-order valence-electron chi connectivity index (χ4n) is 1.52. The molecule has 0 aliphatic rings. The first-order chi connectivity index (χ1) is 9.01. The highest BCUT2D eigenvalue weighted by Gasteiger charge is 2.10. The quantitative estimate of drug-likeness (QED) is 0.865. The normalized spacial score (nSPS) is 10.6. The fourth-order valence-corrected chi connectivity index (χ4v) is 1.71. The molecule has 1 heterocycles. The number of anilines is 2. The van der Waals surface area contributed by atoms with Crippen LogP contribution in [0.5, 0.6) is 0 Å². The maximum atomic E-state index is 13.1. The van der Waals surface area contributed by atoms with E-state index in [1.807, 2.05) is 6.92 Å². The van der Waals surface area contributed by atoms with Crippen molar-refractivity contribution >= 4 is 23.1 Å². The minimum atomic E-state index is -0.918. The maximum Gasteiger partial charge on any atom is 0.160 e. The predicted molar refractivity (Wildman–Crippen MR) is 70.8 cm³/mol. The largest absolute Gasteiger partial charge is 0.340 e. The Balaban J connectivity index is 2.37. The van der Waals surface area contributed by atoms with Gasteiger partial charge in [-0.05, 0) is 19.1 Å². The van der Waals surface area contributed by atoms with Crippen LogP contribution in [-0.4, -0.2) is 9.97 Å². The van der Waals surface area contributed by atoms with Gasteiger partial charge in [0.15, 0.2) is 11.6 Å². The Bertz CT molecular complexity index is 617. The first-order valence-electron chi connectivity index (χ1n) is 5.76. The van der Waals surface area contributed by atoms with Gasteiger partial charge in [0.1, 0.15) is 16.8 Å². The molecule has 0 amide bonds. The molecule has 1 aromatic heterocycles. The third-order valence-electron chi connectivity index (χ3n) is 2.63. The van der Waals surface area contributed by atoms with E-state index in [9.17, 15) is 8.78 Å². The summed E-state index contributed by atoms with van der Waals surface area (Å²) in [5.74, 6) is -0.737. The molecule has 0 radical (unpaired) electrons. The van der Waals surface area contributed by atoms with E-state index in [0.717, 1.165) is 12.1 Å². The number of halogens is 3. The summed E-state index contributed by atoms with van der Waals surface area (Å²) in [4.78, 5) is 8.38. The number of aromatic nitrogens is 2. The van der Waals surface area contributed by atoms with Gasteiger partial charge in [-0.3, -0.25) is 0 Å². The van der Waals surface area contributed by atoms with Crippen molar-refractivity contribution in [1.29, 1.82) is 0 Å². The van der Waals surface area contributed by atoms with Gasteiger partial charge in [-0.15, -0.1) is 0 Å². The molecule has 0 aliphatic heterocycles. The number of nitrogens with zero attached hydrogens (tertiary/aromatic N) is 2. The highest BCUT2D eigenvalue weighted by molar-refractivity contribution is 6.30. The molecule has 19 heavy (non-hydrogen) atoms. The minimum Gasteiger partial charge on any atom is -0.340 e. The van der Waals surface area contributed by atoms with Gasteiger partial charge in [0, 0.05) is 23.7 Å². The molecule has 2 aromatic rings. The summed E-state index contributed by atoms with van der Waals surface area (Å²) in [6.45, 7) is 3.66. The van der Waals surface area contributed by atoms with Gasteiger partial charge in [-0.25, -0.2) is 18.7 Å². The lowest BCUT2D eigenvalue weighted by molar-refractivity contribution is 0.509. The summed E-state index contributed by atoms with van der Waals surface area (Å²) in [7, 11) is 0. The minimum absolute atomic E-state index is 0.344. The second kappa shape index (κ2) is 5.48. The summed E-state index contributed by atoms with van der Waals surface area (Å²) < 4.78 is 26.0. The molecule has 3 nitrogen and oxygen atoms in total. The van der Waals surface area contributed by atoms with Crippen LogP contribution in [0, 0.1) is 18.6 Å². The number of hydrogen-bond acceptors (Lipinski definition) is 3. The Hall–Kier alpha value is -1.75. The van der Waals surface area contributed by atoms with Crippen molar-refractivity contribution in [3.63, 3.8) is 0 Å². The van der Waals surface area contributed by atoms with Gasteiger partial charge in [-0.1, -0.05) is 18.5 Å². The van der Waals surface area contributed by atoms with Gasteiger partial charge in [0.25, 0.3) is 0 Å². The summed E-state index contributed by atoms with van der Waals surface area (Å²) in [5, 5.41) is 3.26. The fraction of sp³-hybridized carbons (Fsp3) is 0.231. The topological polar surface area (TPSA) is 37.8 Å². The van der Waals surface area contributed by atoms with Crippen molar-refractivity contribution in [2.45, 2.75) is 20.3 Å². The third kappa shape index (κ3) is 2.98. The van der Waals surface area contributed by atoms with Crippen LogP contribution in [0.25, 0.3) is 0 Å². The molecule has 0 saturated carbocycles. The molecule has 0 spiro atoms. The third-order valence-corrected chi connectivity index (χ3v) is 3.00. The molecular formula is C13H12ClF2N3. The van der Waals surface area contributed by atoms with Crippen LogP contribution in [0.1, 0.15) is 18.3 Å². The molecule has 0 unspecified atom stereocenters. The first kappa shape index (κ1) is 13.7. The molecule has 1 N–H and O–H groups in total. The van der Waals surface area contributed by atoms with E-state index < -0.39 is 11.6 Å². The Morgan fingerprint density at radius 3 is 2.58 bits per heavy atom. The Morgan fingerprint density at radius 1 is 1.21 bits per heavy atom. The van der Waals surface area contributed by atoms with Crippen LogP contribution in [0.4, 0.5) is 20.3 Å². The molecule has 2 rings (SSSR count). The highest BCUT2D eigenvalue weighted by Crippen LogP contribution is 2.24. The van der Waals surface area contributed by atoms with Gasteiger partial charge in [0.2, 0.25) is 0 Å².